The van der Waals surface area contributed by atoms with Crippen LogP contribution >= 0.6 is 27.5 Å². The van der Waals surface area contributed by atoms with Crippen molar-refractivity contribution >= 4 is 33.2 Å². The molecule has 0 amide bonds. The molecule has 1 heterocycles. The second kappa shape index (κ2) is 8.56. The molecule has 1 aromatic heterocycles. The van der Waals surface area contributed by atoms with Gasteiger partial charge in [-0.25, -0.2) is 4.98 Å². The molecule has 0 saturated carbocycles. The zero-order valence-corrected chi connectivity index (χ0v) is 12.8. The first kappa shape index (κ1) is 15.5. The summed E-state index contributed by atoms with van der Waals surface area (Å²) in [5.74, 6) is 0.370. The Labute approximate surface area is 121 Å². The Hall–Kier alpha value is -0.520. The normalized spacial score (nSPS) is 10.6. The maximum Gasteiger partial charge on any atom is 0.233 e. The predicted molar refractivity (Wildman–Crippen MR) is 77.2 cm³/mol. The highest BCUT2D eigenvalue weighted by molar-refractivity contribution is 9.10. The van der Waals surface area contributed by atoms with Gasteiger partial charge in [0.25, 0.3) is 0 Å². The van der Waals surface area contributed by atoms with Gasteiger partial charge in [-0.2, -0.15) is 0 Å². The summed E-state index contributed by atoms with van der Waals surface area (Å²) >= 11 is 9.18. The summed E-state index contributed by atoms with van der Waals surface area (Å²) in [4.78, 5) is 4.10. The molecule has 0 aliphatic rings. The van der Waals surface area contributed by atoms with Gasteiger partial charge in [-0.15, -0.1) is 0 Å². The number of nitrogens with zero attached hydrogens (tertiary/aromatic N) is 1. The van der Waals surface area contributed by atoms with Crippen LogP contribution in [0.15, 0.2) is 10.7 Å². The van der Waals surface area contributed by atoms with E-state index in [-0.39, 0.29) is 0 Å². The molecule has 0 saturated heterocycles. The Morgan fingerprint density at radius 2 is 2.11 bits per heavy atom. The van der Waals surface area contributed by atoms with Crippen LogP contribution in [0.2, 0.25) is 5.02 Å². The van der Waals surface area contributed by atoms with Crippen molar-refractivity contribution in [3.05, 3.63) is 15.7 Å². The minimum atomic E-state index is 0.370. The van der Waals surface area contributed by atoms with Gasteiger partial charge in [-0.05, 0) is 28.4 Å². The zero-order chi connectivity index (χ0) is 13.4. The third kappa shape index (κ3) is 5.42. The minimum absolute atomic E-state index is 0.370. The van der Waals surface area contributed by atoms with Crippen molar-refractivity contribution < 1.29 is 9.47 Å². The third-order valence-electron chi connectivity index (χ3n) is 2.28. The van der Waals surface area contributed by atoms with Gasteiger partial charge in [-0.1, -0.05) is 31.4 Å². The van der Waals surface area contributed by atoms with Crippen molar-refractivity contribution in [3.63, 3.8) is 0 Å². The molecule has 2 N–H and O–H groups in total. The number of rotatable bonds is 8. The number of ether oxygens (including phenoxy) is 2. The van der Waals surface area contributed by atoms with Crippen molar-refractivity contribution in [1.29, 1.82) is 0 Å². The lowest BCUT2D eigenvalue weighted by molar-refractivity contribution is 0.0958. The highest BCUT2D eigenvalue weighted by Gasteiger charge is 2.07. The van der Waals surface area contributed by atoms with E-state index >= 15 is 0 Å². The number of nitrogen functional groups attached to an aromatic ring is 1. The molecule has 0 unspecified atom stereocenters. The van der Waals surface area contributed by atoms with Crippen molar-refractivity contribution in [3.8, 4) is 5.88 Å². The Kier molecular flexibility index (Phi) is 7.39. The van der Waals surface area contributed by atoms with E-state index in [1.807, 2.05) is 0 Å². The van der Waals surface area contributed by atoms with Crippen LogP contribution in [0.1, 0.15) is 26.2 Å². The minimum Gasteiger partial charge on any atom is -0.474 e. The average molecular weight is 338 g/mol. The van der Waals surface area contributed by atoms with E-state index in [0.29, 0.717) is 34.4 Å². The molecule has 6 heteroatoms. The summed E-state index contributed by atoms with van der Waals surface area (Å²) in [6.07, 6.45) is 3.47. The molecule has 0 aliphatic heterocycles. The maximum atomic E-state index is 5.95. The molecule has 1 rings (SSSR count). The number of hydrogen-bond donors (Lipinski definition) is 1. The molecular formula is C12H18BrClN2O2. The SMILES string of the molecule is CCCCCOCCOc1nc(Br)c(N)cc1Cl. The van der Waals surface area contributed by atoms with E-state index in [1.54, 1.807) is 6.07 Å². The maximum absolute atomic E-state index is 5.95. The molecule has 0 atom stereocenters. The van der Waals surface area contributed by atoms with Gasteiger partial charge in [0, 0.05) is 6.61 Å². The number of nitrogens with two attached hydrogens (primary N) is 1. The molecule has 4 nitrogen and oxygen atoms in total. The Morgan fingerprint density at radius 3 is 2.83 bits per heavy atom. The standard InChI is InChI=1S/C12H18BrClN2O2/c1-2-3-4-5-17-6-7-18-12-9(14)8-10(15)11(13)16-12/h8H,2-7,15H2,1H3. The van der Waals surface area contributed by atoms with Crippen LogP contribution in [-0.4, -0.2) is 24.8 Å². The molecule has 0 bridgehead atoms. The van der Waals surface area contributed by atoms with E-state index in [2.05, 4.69) is 27.8 Å². The molecule has 102 valence electrons. The smallest absolute Gasteiger partial charge is 0.233 e. The van der Waals surface area contributed by atoms with Crippen molar-refractivity contribution in [2.24, 2.45) is 0 Å². The second-order valence-corrected chi connectivity index (χ2v) is 4.98. The van der Waals surface area contributed by atoms with Gasteiger partial charge in [0.2, 0.25) is 5.88 Å². The number of pyridine rings is 1. The average Bonchev–Trinajstić information content (AvgIpc) is 2.34. The van der Waals surface area contributed by atoms with Crippen LogP contribution in [0.25, 0.3) is 0 Å². The summed E-state index contributed by atoms with van der Waals surface area (Å²) in [6.45, 7) is 3.89. The van der Waals surface area contributed by atoms with E-state index in [9.17, 15) is 0 Å². The molecule has 0 radical (unpaired) electrons. The molecule has 18 heavy (non-hydrogen) atoms. The number of halogens is 2. The summed E-state index contributed by atoms with van der Waals surface area (Å²) in [5.41, 5.74) is 6.13. The Balaban J connectivity index is 2.25. The summed E-state index contributed by atoms with van der Waals surface area (Å²) in [5, 5.41) is 0.404. The number of anilines is 1. The monoisotopic (exact) mass is 336 g/mol. The quantitative estimate of drug-likeness (QED) is 0.581. The number of aromatic nitrogens is 1. The molecule has 1 aromatic rings. The predicted octanol–water partition coefficient (Wildman–Crippen LogP) is 3.67. The first-order chi connectivity index (χ1) is 8.65. The number of hydrogen-bond acceptors (Lipinski definition) is 4. The fraction of sp³-hybridized carbons (Fsp3) is 0.583. The van der Waals surface area contributed by atoms with Crippen molar-refractivity contribution in [2.75, 3.05) is 25.6 Å². The molecular weight excluding hydrogens is 320 g/mol. The lowest BCUT2D eigenvalue weighted by atomic mass is 10.3. The summed E-state index contributed by atoms with van der Waals surface area (Å²) in [7, 11) is 0. The van der Waals surface area contributed by atoms with E-state index in [0.717, 1.165) is 13.0 Å². The second-order valence-electron chi connectivity index (χ2n) is 3.82. The topological polar surface area (TPSA) is 57.4 Å². The van der Waals surface area contributed by atoms with Crippen molar-refractivity contribution in [1.82, 2.24) is 4.98 Å². The van der Waals surface area contributed by atoms with Crippen LogP contribution in [0.4, 0.5) is 5.69 Å². The lowest BCUT2D eigenvalue weighted by Gasteiger charge is -2.09. The van der Waals surface area contributed by atoms with E-state index in [4.69, 9.17) is 26.8 Å². The largest absolute Gasteiger partial charge is 0.474 e. The summed E-state index contributed by atoms with van der Waals surface area (Å²) in [6, 6.07) is 1.61. The van der Waals surface area contributed by atoms with Gasteiger partial charge in [-0.3, -0.25) is 0 Å². The molecule has 0 aromatic carbocycles. The summed E-state index contributed by atoms with van der Waals surface area (Å²) < 4.78 is 11.4. The fourth-order valence-corrected chi connectivity index (χ4v) is 1.81. The third-order valence-corrected chi connectivity index (χ3v) is 3.19. The van der Waals surface area contributed by atoms with Crippen LogP contribution in [0.5, 0.6) is 5.88 Å². The van der Waals surface area contributed by atoms with E-state index < -0.39 is 0 Å². The van der Waals surface area contributed by atoms with E-state index in [1.165, 1.54) is 12.8 Å². The van der Waals surface area contributed by atoms with Gasteiger partial charge >= 0.3 is 0 Å². The molecule has 0 spiro atoms. The van der Waals surface area contributed by atoms with Gasteiger partial charge in [0.15, 0.2) is 0 Å². The zero-order valence-electron chi connectivity index (χ0n) is 10.4. The fourth-order valence-electron chi connectivity index (χ4n) is 1.32. The van der Waals surface area contributed by atoms with Crippen LogP contribution in [-0.2, 0) is 4.74 Å². The van der Waals surface area contributed by atoms with Gasteiger partial charge in [0.05, 0.1) is 12.3 Å². The van der Waals surface area contributed by atoms with Crippen LogP contribution < -0.4 is 10.5 Å². The lowest BCUT2D eigenvalue weighted by Crippen LogP contribution is -2.09. The molecule has 0 fully saturated rings. The molecule has 0 aliphatic carbocycles. The van der Waals surface area contributed by atoms with Crippen molar-refractivity contribution in [2.45, 2.75) is 26.2 Å². The Morgan fingerprint density at radius 1 is 1.33 bits per heavy atom. The van der Waals surface area contributed by atoms with Gasteiger partial charge in [0.1, 0.15) is 16.2 Å². The number of unbranched alkanes of at least 4 members (excludes halogenated alkanes) is 2. The van der Waals surface area contributed by atoms with Crippen LogP contribution in [0, 0.1) is 0 Å². The van der Waals surface area contributed by atoms with Gasteiger partial charge < -0.3 is 15.2 Å². The first-order valence-electron chi connectivity index (χ1n) is 5.97. The Bertz CT molecular complexity index is 377. The van der Waals surface area contributed by atoms with Crippen LogP contribution in [0.3, 0.4) is 0 Å². The highest BCUT2D eigenvalue weighted by Crippen LogP contribution is 2.28. The highest BCUT2D eigenvalue weighted by atomic mass is 79.9. The first-order valence-corrected chi connectivity index (χ1v) is 7.14.